The van der Waals surface area contributed by atoms with Crippen LogP contribution < -0.4 is 10.2 Å². The lowest BCUT2D eigenvalue weighted by molar-refractivity contribution is 0.857. The van der Waals surface area contributed by atoms with Gasteiger partial charge < -0.3 is 10.2 Å². The Labute approximate surface area is 131 Å². The Morgan fingerprint density at radius 3 is 2.80 bits per heavy atom. The Hall–Kier alpha value is -1.14. The molecule has 4 nitrogen and oxygen atoms in total. The van der Waals surface area contributed by atoms with Crippen LogP contribution in [0.25, 0.3) is 0 Å². The summed E-state index contributed by atoms with van der Waals surface area (Å²) < 4.78 is 1.16. The van der Waals surface area contributed by atoms with Crippen molar-refractivity contribution in [3.8, 4) is 0 Å². The Kier molecular flexibility index (Phi) is 3.94. The number of anilines is 2. The lowest BCUT2D eigenvalue weighted by atomic mass is 10.3. The summed E-state index contributed by atoms with van der Waals surface area (Å²) in [7, 11) is 3.98. The third-order valence-corrected chi connectivity index (χ3v) is 4.91. The van der Waals surface area contributed by atoms with Gasteiger partial charge in [0, 0.05) is 32.6 Å². The fourth-order valence-electron chi connectivity index (χ4n) is 2.08. The van der Waals surface area contributed by atoms with Crippen LogP contribution in [0.3, 0.4) is 0 Å². The molecule has 2 aromatic heterocycles. The van der Waals surface area contributed by atoms with E-state index >= 15 is 0 Å². The largest absolute Gasteiger partial charge is 0.373 e. The van der Waals surface area contributed by atoms with Crippen LogP contribution in [0, 0.1) is 0 Å². The summed E-state index contributed by atoms with van der Waals surface area (Å²) in [5, 5.41) is 5.30. The zero-order valence-corrected chi connectivity index (χ0v) is 14.0. The number of nitrogens with zero attached hydrogens (tertiary/aromatic N) is 3. The van der Waals surface area contributed by atoms with Gasteiger partial charge in [-0.15, -0.1) is 11.3 Å². The van der Waals surface area contributed by atoms with Gasteiger partial charge in [-0.25, -0.2) is 9.97 Å². The van der Waals surface area contributed by atoms with Crippen molar-refractivity contribution in [3.63, 3.8) is 0 Å². The minimum atomic E-state index is 0.561. The summed E-state index contributed by atoms with van der Waals surface area (Å²) in [6, 6.07) is 4.16. The van der Waals surface area contributed by atoms with E-state index in [9.17, 15) is 0 Å². The molecule has 1 N–H and O–H groups in total. The SMILES string of the molecule is CNc1cc(N(C)Cc2csc(Br)c2)nc(C2CC2)n1. The van der Waals surface area contributed by atoms with Crippen LogP contribution in [-0.4, -0.2) is 24.1 Å². The molecule has 1 fully saturated rings. The molecule has 0 amide bonds. The van der Waals surface area contributed by atoms with E-state index < -0.39 is 0 Å². The highest BCUT2D eigenvalue weighted by Gasteiger charge is 2.27. The van der Waals surface area contributed by atoms with E-state index in [1.54, 1.807) is 11.3 Å². The number of rotatable bonds is 5. The molecule has 6 heteroatoms. The molecule has 3 rings (SSSR count). The number of aromatic nitrogens is 2. The molecule has 2 heterocycles. The second kappa shape index (κ2) is 5.69. The molecule has 1 saturated carbocycles. The molecular formula is C14H17BrN4S. The first-order chi connectivity index (χ1) is 9.65. The summed E-state index contributed by atoms with van der Waals surface area (Å²) in [6.45, 7) is 0.854. The lowest BCUT2D eigenvalue weighted by Gasteiger charge is -2.19. The van der Waals surface area contributed by atoms with Crippen molar-refractivity contribution in [3.05, 3.63) is 32.7 Å². The van der Waals surface area contributed by atoms with Crippen LogP contribution in [-0.2, 0) is 6.54 Å². The highest BCUT2D eigenvalue weighted by atomic mass is 79.9. The predicted molar refractivity (Wildman–Crippen MR) is 87.7 cm³/mol. The normalized spacial score (nSPS) is 14.3. The van der Waals surface area contributed by atoms with Gasteiger partial charge >= 0.3 is 0 Å². The number of hydrogen-bond acceptors (Lipinski definition) is 5. The maximum absolute atomic E-state index is 4.71. The highest BCUT2D eigenvalue weighted by molar-refractivity contribution is 9.11. The maximum Gasteiger partial charge on any atom is 0.136 e. The van der Waals surface area contributed by atoms with Gasteiger partial charge in [0.2, 0.25) is 0 Å². The molecule has 0 atom stereocenters. The average molecular weight is 353 g/mol. The Morgan fingerprint density at radius 2 is 2.20 bits per heavy atom. The van der Waals surface area contributed by atoms with Gasteiger partial charge in [0.25, 0.3) is 0 Å². The molecule has 0 bridgehead atoms. The van der Waals surface area contributed by atoms with Gasteiger partial charge in [-0.2, -0.15) is 0 Å². The topological polar surface area (TPSA) is 41.0 Å². The quantitative estimate of drug-likeness (QED) is 0.886. The van der Waals surface area contributed by atoms with Gasteiger partial charge in [0.05, 0.1) is 3.79 Å². The zero-order chi connectivity index (χ0) is 14.1. The molecule has 2 aromatic rings. The van der Waals surface area contributed by atoms with Gasteiger partial charge in [0.1, 0.15) is 17.5 Å². The maximum atomic E-state index is 4.71. The number of halogens is 1. The first-order valence-corrected chi connectivity index (χ1v) is 8.34. The Balaban J connectivity index is 1.82. The van der Waals surface area contributed by atoms with Crippen molar-refractivity contribution in [2.24, 2.45) is 0 Å². The summed E-state index contributed by atoms with van der Waals surface area (Å²) in [4.78, 5) is 11.4. The number of hydrogen-bond donors (Lipinski definition) is 1. The van der Waals surface area contributed by atoms with Gasteiger partial charge in [-0.05, 0) is 45.8 Å². The Morgan fingerprint density at radius 1 is 1.40 bits per heavy atom. The van der Waals surface area contributed by atoms with Crippen LogP contribution in [0.1, 0.15) is 30.1 Å². The van der Waals surface area contributed by atoms with Crippen LogP contribution in [0.15, 0.2) is 21.3 Å². The van der Waals surface area contributed by atoms with Gasteiger partial charge in [0.15, 0.2) is 0 Å². The molecule has 0 saturated heterocycles. The second-order valence-corrected chi connectivity index (χ2v) is 7.40. The molecule has 1 aliphatic rings. The minimum Gasteiger partial charge on any atom is -0.373 e. The first-order valence-electron chi connectivity index (χ1n) is 6.66. The lowest BCUT2D eigenvalue weighted by Crippen LogP contribution is -2.18. The molecule has 106 valence electrons. The monoisotopic (exact) mass is 352 g/mol. The molecule has 1 aliphatic carbocycles. The fourth-order valence-corrected chi connectivity index (χ4v) is 3.28. The molecule has 0 unspecified atom stereocenters. The minimum absolute atomic E-state index is 0.561. The van der Waals surface area contributed by atoms with E-state index in [2.05, 4.69) is 49.6 Å². The summed E-state index contributed by atoms with van der Waals surface area (Å²) in [5.74, 6) is 3.42. The van der Waals surface area contributed by atoms with Crippen molar-refractivity contribution >= 4 is 38.9 Å². The van der Waals surface area contributed by atoms with Crippen molar-refractivity contribution in [2.45, 2.75) is 25.3 Å². The van der Waals surface area contributed by atoms with Crippen molar-refractivity contribution in [2.75, 3.05) is 24.3 Å². The molecule has 0 aromatic carbocycles. The summed E-state index contributed by atoms with van der Waals surface area (Å²) in [5.41, 5.74) is 1.29. The molecule has 0 aliphatic heterocycles. The molecule has 20 heavy (non-hydrogen) atoms. The fraction of sp³-hybridized carbons (Fsp3) is 0.429. The second-order valence-electron chi connectivity index (χ2n) is 5.11. The van der Waals surface area contributed by atoms with Crippen LogP contribution >= 0.6 is 27.3 Å². The van der Waals surface area contributed by atoms with Gasteiger partial charge in [-0.1, -0.05) is 0 Å². The van der Waals surface area contributed by atoms with Crippen LogP contribution in [0.5, 0.6) is 0 Å². The summed E-state index contributed by atoms with van der Waals surface area (Å²) >= 11 is 5.22. The van der Waals surface area contributed by atoms with E-state index in [0.29, 0.717) is 5.92 Å². The third-order valence-electron chi connectivity index (χ3n) is 3.36. The van der Waals surface area contributed by atoms with Crippen molar-refractivity contribution in [1.29, 1.82) is 0 Å². The Bertz CT molecular complexity index is 609. The van der Waals surface area contributed by atoms with E-state index in [4.69, 9.17) is 4.98 Å². The van der Waals surface area contributed by atoms with Crippen molar-refractivity contribution < 1.29 is 0 Å². The van der Waals surface area contributed by atoms with Crippen LogP contribution in [0.2, 0.25) is 0 Å². The van der Waals surface area contributed by atoms with E-state index in [-0.39, 0.29) is 0 Å². The number of nitrogens with one attached hydrogen (secondary N) is 1. The molecule has 0 spiro atoms. The van der Waals surface area contributed by atoms with E-state index in [0.717, 1.165) is 27.8 Å². The van der Waals surface area contributed by atoms with Crippen LogP contribution in [0.4, 0.5) is 11.6 Å². The van der Waals surface area contributed by atoms with E-state index in [1.165, 1.54) is 18.4 Å². The molecular weight excluding hydrogens is 336 g/mol. The smallest absolute Gasteiger partial charge is 0.136 e. The highest BCUT2D eigenvalue weighted by Crippen LogP contribution is 2.39. The number of thiophene rings is 1. The standard InChI is InChI=1S/C14H17BrN4S/c1-16-12-6-13(18-14(17-12)10-3-4-10)19(2)7-9-5-11(15)20-8-9/h5-6,8,10H,3-4,7H2,1-2H3,(H,16,17,18). The zero-order valence-electron chi connectivity index (χ0n) is 11.6. The molecule has 0 radical (unpaired) electrons. The third kappa shape index (κ3) is 3.12. The summed E-state index contributed by atoms with van der Waals surface area (Å²) in [6.07, 6.45) is 2.43. The van der Waals surface area contributed by atoms with Crippen molar-refractivity contribution in [1.82, 2.24) is 9.97 Å². The van der Waals surface area contributed by atoms with E-state index in [1.807, 2.05) is 13.1 Å². The van der Waals surface area contributed by atoms with Gasteiger partial charge in [-0.3, -0.25) is 0 Å². The predicted octanol–water partition coefficient (Wildman–Crippen LogP) is 3.86. The average Bonchev–Trinajstić information content (AvgIpc) is 3.22. The first kappa shape index (κ1) is 13.8.